The first-order valence-electron chi connectivity index (χ1n) is 10.9. The maximum atomic E-state index is 13.4. The fourth-order valence-electron chi connectivity index (χ4n) is 4.03. The minimum atomic E-state index is -1.11. The van der Waals surface area contributed by atoms with Gasteiger partial charge in [-0.1, -0.05) is 36.4 Å². The maximum absolute atomic E-state index is 13.4. The Labute approximate surface area is 196 Å². The molecule has 2 aromatic heterocycles. The normalized spacial score (nSPS) is 11.9. The Morgan fingerprint density at radius 3 is 2.32 bits per heavy atom. The Morgan fingerprint density at radius 1 is 1.00 bits per heavy atom. The number of nitrogens with one attached hydrogen (secondary N) is 1. The highest BCUT2D eigenvalue weighted by Gasteiger charge is 2.31. The molecule has 1 atom stereocenters. The summed E-state index contributed by atoms with van der Waals surface area (Å²) >= 11 is 0. The van der Waals surface area contributed by atoms with E-state index in [9.17, 15) is 14.4 Å². The molecule has 0 saturated heterocycles. The van der Waals surface area contributed by atoms with Crippen molar-refractivity contribution < 1.29 is 14.3 Å². The highest BCUT2D eigenvalue weighted by Crippen LogP contribution is 2.26. The summed E-state index contributed by atoms with van der Waals surface area (Å²) in [6, 6.07) is 15.1. The molecule has 0 fully saturated rings. The number of benzene rings is 2. The lowest BCUT2D eigenvalue weighted by Crippen LogP contribution is -2.37. The average molecular weight is 460 g/mol. The zero-order chi connectivity index (χ0) is 24.4. The Balaban J connectivity index is 1.79. The van der Waals surface area contributed by atoms with Crippen LogP contribution in [0.25, 0.3) is 16.5 Å². The molecule has 4 rings (SSSR count). The molecule has 9 heteroatoms. The predicted molar refractivity (Wildman–Crippen MR) is 127 cm³/mol. The van der Waals surface area contributed by atoms with Crippen molar-refractivity contribution in [1.82, 2.24) is 24.9 Å². The highest BCUT2D eigenvalue weighted by molar-refractivity contribution is 6.06. The minimum Gasteiger partial charge on any atom is -0.464 e. The molecule has 0 aliphatic carbocycles. The van der Waals surface area contributed by atoms with Gasteiger partial charge in [-0.2, -0.15) is 10.2 Å². The van der Waals surface area contributed by atoms with Crippen molar-refractivity contribution in [3.05, 3.63) is 87.6 Å². The van der Waals surface area contributed by atoms with Gasteiger partial charge in [0.1, 0.15) is 0 Å². The van der Waals surface area contributed by atoms with E-state index in [1.54, 1.807) is 42.8 Å². The lowest BCUT2D eigenvalue weighted by molar-refractivity contribution is -0.145. The number of ether oxygens (including phenoxy) is 1. The fourth-order valence-corrected chi connectivity index (χ4v) is 4.03. The predicted octanol–water partition coefficient (Wildman–Crippen LogP) is 2.77. The number of amides is 1. The molecule has 1 amide bonds. The number of fused-ring (bicyclic) bond motifs is 1. The van der Waals surface area contributed by atoms with Gasteiger partial charge in [0.25, 0.3) is 11.5 Å². The number of aryl methyl sites for hydroxylation is 2. The number of hydrogen-bond acceptors (Lipinski definition) is 6. The van der Waals surface area contributed by atoms with Crippen molar-refractivity contribution in [2.45, 2.75) is 26.8 Å². The highest BCUT2D eigenvalue weighted by atomic mass is 16.5. The Kier molecular flexibility index (Phi) is 6.27. The van der Waals surface area contributed by atoms with Crippen LogP contribution in [0.3, 0.4) is 0 Å². The van der Waals surface area contributed by atoms with Crippen LogP contribution in [0.5, 0.6) is 0 Å². The topological polar surface area (TPSA) is 108 Å². The second kappa shape index (κ2) is 9.30. The summed E-state index contributed by atoms with van der Waals surface area (Å²) in [5, 5.41) is 12.3. The first-order chi connectivity index (χ1) is 16.3. The number of nitrogens with zero attached hydrogens (tertiary/aromatic N) is 4. The molecule has 0 aliphatic heterocycles. The van der Waals surface area contributed by atoms with Crippen molar-refractivity contribution in [3.8, 4) is 5.69 Å². The largest absolute Gasteiger partial charge is 0.464 e. The summed E-state index contributed by atoms with van der Waals surface area (Å²) in [5.41, 5.74) is 2.37. The second-order valence-corrected chi connectivity index (χ2v) is 7.81. The third-order valence-corrected chi connectivity index (χ3v) is 5.61. The quantitative estimate of drug-likeness (QED) is 0.444. The van der Waals surface area contributed by atoms with Crippen molar-refractivity contribution >= 4 is 22.6 Å². The van der Waals surface area contributed by atoms with E-state index in [2.05, 4.69) is 15.5 Å². The number of hydrogen-bond donors (Lipinski definition) is 1. The smallest absolute Gasteiger partial charge is 0.333 e. The number of esters is 1. The summed E-state index contributed by atoms with van der Waals surface area (Å²) in [6.45, 7) is 5.46. The average Bonchev–Trinajstić information content (AvgIpc) is 3.14. The van der Waals surface area contributed by atoms with Crippen LogP contribution in [0.1, 0.15) is 40.4 Å². The molecule has 0 aliphatic rings. The SMILES string of the molecule is CCOC(=O)[C@H](NC(=O)c1nn(C)c(=O)c2ccccc12)c1c(C)nn(-c2ccccc2)c1C. The molecule has 174 valence electrons. The Morgan fingerprint density at radius 2 is 1.65 bits per heavy atom. The molecule has 0 bridgehead atoms. The van der Waals surface area contributed by atoms with E-state index < -0.39 is 17.9 Å². The van der Waals surface area contributed by atoms with Gasteiger partial charge in [-0.3, -0.25) is 9.59 Å². The van der Waals surface area contributed by atoms with Crippen LogP contribution in [0.2, 0.25) is 0 Å². The molecular weight excluding hydrogens is 434 g/mol. The van der Waals surface area contributed by atoms with Crippen LogP contribution in [0.15, 0.2) is 59.4 Å². The van der Waals surface area contributed by atoms with Crippen LogP contribution in [-0.4, -0.2) is 38.0 Å². The van der Waals surface area contributed by atoms with Crippen LogP contribution in [-0.2, 0) is 16.6 Å². The lowest BCUT2D eigenvalue weighted by atomic mass is 10.0. The maximum Gasteiger partial charge on any atom is 0.333 e. The summed E-state index contributed by atoms with van der Waals surface area (Å²) in [5.74, 6) is -1.21. The molecule has 2 aromatic carbocycles. The number of carbonyl (C=O) groups is 2. The van der Waals surface area contributed by atoms with Gasteiger partial charge in [-0.05, 0) is 39.0 Å². The zero-order valence-electron chi connectivity index (χ0n) is 19.4. The summed E-state index contributed by atoms with van der Waals surface area (Å²) < 4.78 is 8.12. The monoisotopic (exact) mass is 459 g/mol. The van der Waals surface area contributed by atoms with Gasteiger partial charge in [-0.15, -0.1) is 0 Å². The van der Waals surface area contributed by atoms with E-state index in [4.69, 9.17) is 4.74 Å². The second-order valence-electron chi connectivity index (χ2n) is 7.81. The standard InChI is InChI=1S/C25H25N5O4/c1-5-34-25(33)22(20-15(2)27-30(16(20)3)17-11-7-6-8-12-17)26-23(31)21-18-13-9-10-14-19(18)24(32)29(4)28-21/h6-14,22H,5H2,1-4H3,(H,26,31)/t22-/m1/s1. The van der Waals surface area contributed by atoms with Gasteiger partial charge in [0.05, 0.1) is 23.4 Å². The lowest BCUT2D eigenvalue weighted by Gasteiger charge is -2.19. The van der Waals surface area contributed by atoms with Gasteiger partial charge >= 0.3 is 5.97 Å². The van der Waals surface area contributed by atoms with Gasteiger partial charge in [0.15, 0.2) is 11.7 Å². The van der Waals surface area contributed by atoms with Gasteiger partial charge < -0.3 is 10.1 Å². The molecule has 34 heavy (non-hydrogen) atoms. The van der Waals surface area contributed by atoms with Crippen molar-refractivity contribution in [2.75, 3.05) is 6.61 Å². The molecule has 0 radical (unpaired) electrons. The summed E-state index contributed by atoms with van der Waals surface area (Å²) in [6.07, 6.45) is 0. The van der Waals surface area contributed by atoms with Crippen LogP contribution < -0.4 is 10.9 Å². The molecule has 0 spiro atoms. The number of para-hydroxylation sites is 1. The fraction of sp³-hybridized carbons (Fsp3) is 0.240. The van der Waals surface area contributed by atoms with E-state index in [-0.39, 0.29) is 17.9 Å². The van der Waals surface area contributed by atoms with Crippen LogP contribution in [0.4, 0.5) is 0 Å². The Bertz CT molecular complexity index is 1440. The first kappa shape index (κ1) is 22.9. The molecule has 4 aromatic rings. The third-order valence-electron chi connectivity index (χ3n) is 5.61. The number of rotatable bonds is 6. The molecule has 0 saturated carbocycles. The molecule has 1 N–H and O–H groups in total. The van der Waals surface area contributed by atoms with E-state index in [0.717, 1.165) is 10.4 Å². The van der Waals surface area contributed by atoms with E-state index in [0.29, 0.717) is 27.7 Å². The molecule has 2 heterocycles. The van der Waals surface area contributed by atoms with Crippen LogP contribution in [0, 0.1) is 13.8 Å². The Hall–Kier alpha value is -4.27. The minimum absolute atomic E-state index is 0.0396. The van der Waals surface area contributed by atoms with Crippen LogP contribution >= 0.6 is 0 Å². The van der Waals surface area contributed by atoms with Gasteiger partial charge in [0, 0.05) is 23.7 Å². The zero-order valence-corrected chi connectivity index (χ0v) is 19.4. The third kappa shape index (κ3) is 4.07. The summed E-state index contributed by atoms with van der Waals surface area (Å²) in [7, 11) is 1.48. The first-order valence-corrected chi connectivity index (χ1v) is 10.9. The van der Waals surface area contributed by atoms with E-state index in [1.165, 1.54) is 7.05 Å². The molecule has 0 unspecified atom stereocenters. The van der Waals surface area contributed by atoms with Gasteiger partial charge in [0.2, 0.25) is 0 Å². The van der Waals surface area contributed by atoms with Crippen molar-refractivity contribution in [1.29, 1.82) is 0 Å². The van der Waals surface area contributed by atoms with Crippen molar-refractivity contribution in [3.63, 3.8) is 0 Å². The van der Waals surface area contributed by atoms with Crippen molar-refractivity contribution in [2.24, 2.45) is 7.05 Å². The van der Waals surface area contributed by atoms with E-state index >= 15 is 0 Å². The summed E-state index contributed by atoms with van der Waals surface area (Å²) in [4.78, 5) is 38.8. The molecule has 9 nitrogen and oxygen atoms in total. The van der Waals surface area contributed by atoms with Gasteiger partial charge in [-0.25, -0.2) is 14.2 Å². The molecular formula is C25H25N5O4. The number of carbonyl (C=O) groups excluding carboxylic acids is 2. The van der Waals surface area contributed by atoms with E-state index in [1.807, 2.05) is 37.3 Å². The number of aromatic nitrogens is 4.